The lowest BCUT2D eigenvalue weighted by Gasteiger charge is -2.14. The number of carbonyl (C=O) groups excluding carboxylic acids is 1. The predicted molar refractivity (Wildman–Crippen MR) is 111 cm³/mol. The lowest BCUT2D eigenvalue weighted by atomic mass is 10.1. The standard InChI is InChI=1S/C18H16Cl2N4O4S/c1-10(2)24-18(26)13-6-4-3-5-12(13)16(22-24)17(25)21-23-29(27,28)11-7-8-14(19)15(20)9-11/h3-10,23H,1-2H3,(H,21,25). The molecule has 0 spiro atoms. The average Bonchev–Trinajstić information content (AvgIpc) is 2.68. The maximum Gasteiger partial charge on any atom is 0.287 e. The van der Waals surface area contributed by atoms with Crippen molar-refractivity contribution in [3.8, 4) is 0 Å². The highest BCUT2D eigenvalue weighted by molar-refractivity contribution is 7.89. The van der Waals surface area contributed by atoms with Gasteiger partial charge >= 0.3 is 0 Å². The van der Waals surface area contributed by atoms with Gasteiger partial charge in [0, 0.05) is 5.39 Å². The van der Waals surface area contributed by atoms with Gasteiger partial charge in [-0.25, -0.2) is 13.1 Å². The smallest absolute Gasteiger partial charge is 0.272 e. The van der Waals surface area contributed by atoms with E-state index in [-0.39, 0.29) is 32.2 Å². The van der Waals surface area contributed by atoms with E-state index in [1.165, 1.54) is 16.8 Å². The molecule has 8 nitrogen and oxygen atoms in total. The molecule has 0 atom stereocenters. The second kappa shape index (κ2) is 8.11. The molecule has 1 aromatic heterocycles. The first-order valence-corrected chi connectivity index (χ1v) is 10.6. The van der Waals surface area contributed by atoms with E-state index in [0.29, 0.717) is 10.8 Å². The molecule has 1 amide bonds. The Bertz CT molecular complexity index is 1270. The van der Waals surface area contributed by atoms with Crippen molar-refractivity contribution >= 4 is 49.9 Å². The first-order chi connectivity index (χ1) is 13.6. The monoisotopic (exact) mass is 454 g/mol. The molecule has 0 aliphatic heterocycles. The minimum atomic E-state index is -4.11. The highest BCUT2D eigenvalue weighted by Gasteiger charge is 2.21. The molecule has 152 valence electrons. The number of hydrazine groups is 1. The summed E-state index contributed by atoms with van der Waals surface area (Å²) in [7, 11) is -4.11. The van der Waals surface area contributed by atoms with E-state index in [0.717, 1.165) is 6.07 Å². The van der Waals surface area contributed by atoms with Crippen molar-refractivity contribution in [3.05, 3.63) is 68.6 Å². The van der Waals surface area contributed by atoms with E-state index < -0.39 is 15.9 Å². The molecule has 0 aliphatic rings. The number of nitrogens with one attached hydrogen (secondary N) is 2. The molecule has 2 N–H and O–H groups in total. The third-order valence-corrected chi connectivity index (χ3v) is 6.02. The highest BCUT2D eigenvalue weighted by atomic mass is 35.5. The van der Waals surface area contributed by atoms with Gasteiger partial charge in [-0.2, -0.15) is 5.10 Å². The zero-order valence-electron chi connectivity index (χ0n) is 15.3. The Kier molecular flexibility index (Phi) is 5.95. The fourth-order valence-corrected chi connectivity index (χ4v) is 3.83. The van der Waals surface area contributed by atoms with E-state index in [2.05, 4.69) is 10.5 Å². The minimum Gasteiger partial charge on any atom is -0.272 e. The van der Waals surface area contributed by atoms with Gasteiger partial charge in [-0.3, -0.25) is 15.0 Å². The summed E-state index contributed by atoms with van der Waals surface area (Å²) in [6.07, 6.45) is 0. The zero-order valence-corrected chi connectivity index (χ0v) is 17.6. The fourth-order valence-electron chi connectivity index (χ4n) is 2.60. The molecule has 11 heteroatoms. The zero-order chi connectivity index (χ0) is 21.3. The topological polar surface area (TPSA) is 110 Å². The summed E-state index contributed by atoms with van der Waals surface area (Å²) in [6, 6.07) is 9.90. The molecule has 0 unspecified atom stereocenters. The Morgan fingerprint density at radius 3 is 2.34 bits per heavy atom. The van der Waals surface area contributed by atoms with Crippen LogP contribution in [-0.4, -0.2) is 24.1 Å². The van der Waals surface area contributed by atoms with Crippen LogP contribution in [0.25, 0.3) is 10.8 Å². The number of sulfonamides is 1. The van der Waals surface area contributed by atoms with Gasteiger partial charge in [0.1, 0.15) is 0 Å². The van der Waals surface area contributed by atoms with E-state index in [9.17, 15) is 18.0 Å². The Morgan fingerprint density at radius 1 is 1.07 bits per heavy atom. The molecular formula is C18H16Cl2N4O4S. The number of carbonyl (C=O) groups is 1. The normalized spacial score (nSPS) is 11.8. The summed E-state index contributed by atoms with van der Waals surface area (Å²) in [4.78, 5) is 27.0. The minimum absolute atomic E-state index is 0.0533. The Labute approximate surface area is 176 Å². The molecule has 1 heterocycles. The molecule has 0 bridgehead atoms. The summed E-state index contributed by atoms with van der Waals surface area (Å²) in [6.45, 7) is 3.50. The van der Waals surface area contributed by atoms with Crippen molar-refractivity contribution in [2.45, 2.75) is 24.8 Å². The summed E-state index contributed by atoms with van der Waals surface area (Å²) in [5.74, 6) is -0.820. The van der Waals surface area contributed by atoms with Crippen LogP contribution in [0.1, 0.15) is 30.4 Å². The van der Waals surface area contributed by atoms with Crippen LogP contribution < -0.4 is 15.8 Å². The number of amides is 1. The quantitative estimate of drug-likeness (QED) is 0.575. The van der Waals surface area contributed by atoms with Gasteiger partial charge in [0.25, 0.3) is 21.5 Å². The summed E-state index contributed by atoms with van der Waals surface area (Å²) < 4.78 is 26.0. The van der Waals surface area contributed by atoms with E-state index in [4.69, 9.17) is 23.2 Å². The van der Waals surface area contributed by atoms with Crippen LogP contribution >= 0.6 is 23.2 Å². The van der Waals surface area contributed by atoms with Crippen LogP contribution in [0, 0.1) is 0 Å². The molecular weight excluding hydrogens is 439 g/mol. The number of benzene rings is 2. The van der Waals surface area contributed by atoms with Gasteiger partial charge in [0.2, 0.25) is 0 Å². The van der Waals surface area contributed by atoms with Crippen LogP contribution in [0.15, 0.2) is 52.2 Å². The molecule has 0 saturated carbocycles. The third-order valence-electron chi connectivity index (χ3n) is 4.03. The summed E-state index contributed by atoms with van der Waals surface area (Å²) in [5.41, 5.74) is 1.68. The highest BCUT2D eigenvalue weighted by Crippen LogP contribution is 2.24. The predicted octanol–water partition coefficient (Wildman–Crippen LogP) is 2.91. The van der Waals surface area contributed by atoms with Gasteiger partial charge in [0.05, 0.1) is 26.4 Å². The Morgan fingerprint density at radius 2 is 1.72 bits per heavy atom. The second-order valence-electron chi connectivity index (χ2n) is 6.37. The first-order valence-electron chi connectivity index (χ1n) is 8.40. The summed E-state index contributed by atoms with van der Waals surface area (Å²) >= 11 is 11.6. The van der Waals surface area contributed by atoms with Gasteiger partial charge in [-0.15, -0.1) is 4.83 Å². The van der Waals surface area contributed by atoms with Gasteiger partial charge in [-0.05, 0) is 38.1 Å². The van der Waals surface area contributed by atoms with Crippen molar-refractivity contribution in [1.29, 1.82) is 0 Å². The maximum absolute atomic E-state index is 12.7. The summed E-state index contributed by atoms with van der Waals surface area (Å²) in [5, 5.41) is 4.97. The van der Waals surface area contributed by atoms with Gasteiger partial charge < -0.3 is 0 Å². The van der Waals surface area contributed by atoms with Gasteiger partial charge in [-0.1, -0.05) is 41.4 Å². The lowest BCUT2D eigenvalue weighted by Crippen LogP contribution is -2.42. The Balaban J connectivity index is 1.95. The van der Waals surface area contributed by atoms with E-state index in [1.807, 2.05) is 4.83 Å². The number of hydrogen-bond donors (Lipinski definition) is 2. The van der Waals surface area contributed by atoms with E-state index in [1.54, 1.807) is 38.1 Å². The van der Waals surface area contributed by atoms with Crippen LogP contribution in [0.4, 0.5) is 0 Å². The molecule has 0 aliphatic carbocycles. The fraction of sp³-hybridized carbons (Fsp3) is 0.167. The second-order valence-corrected chi connectivity index (χ2v) is 8.87. The van der Waals surface area contributed by atoms with Crippen LogP contribution in [-0.2, 0) is 10.0 Å². The lowest BCUT2D eigenvalue weighted by molar-refractivity contribution is 0.0939. The number of halogens is 2. The van der Waals surface area contributed by atoms with Crippen LogP contribution in [0.5, 0.6) is 0 Å². The molecule has 2 aromatic carbocycles. The van der Waals surface area contributed by atoms with E-state index >= 15 is 0 Å². The third kappa shape index (κ3) is 4.27. The number of rotatable bonds is 5. The molecule has 0 fully saturated rings. The largest absolute Gasteiger partial charge is 0.287 e. The number of hydrogen-bond acceptors (Lipinski definition) is 5. The van der Waals surface area contributed by atoms with Crippen molar-refractivity contribution in [2.75, 3.05) is 0 Å². The van der Waals surface area contributed by atoms with Gasteiger partial charge in [0.15, 0.2) is 5.69 Å². The molecule has 29 heavy (non-hydrogen) atoms. The Hall–Kier alpha value is -2.46. The molecule has 0 radical (unpaired) electrons. The number of fused-ring (bicyclic) bond motifs is 1. The first kappa shape index (κ1) is 21.3. The molecule has 0 saturated heterocycles. The van der Waals surface area contributed by atoms with Crippen molar-refractivity contribution in [2.24, 2.45) is 0 Å². The van der Waals surface area contributed by atoms with Crippen molar-refractivity contribution in [1.82, 2.24) is 20.0 Å². The molecule has 3 aromatic rings. The number of nitrogens with zero attached hydrogens (tertiary/aromatic N) is 2. The molecule has 3 rings (SSSR count). The van der Waals surface area contributed by atoms with Crippen LogP contribution in [0.2, 0.25) is 10.0 Å². The van der Waals surface area contributed by atoms with Crippen LogP contribution in [0.3, 0.4) is 0 Å². The number of aromatic nitrogens is 2. The maximum atomic E-state index is 12.7. The van der Waals surface area contributed by atoms with Crippen molar-refractivity contribution in [3.63, 3.8) is 0 Å². The SMILES string of the molecule is CC(C)n1nc(C(=O)NNS(=O)(=O)c2ccc(Cl)c(Cl)c2)c2ccccc2c1=O. The van der Waals surface area contributed by atoms with Crippen molar-refractivity contribution < 1.29 is 13.2 Å². The average molecular weight is 455 g/mol.